The van der Waals surface area contributed by atoms with Crippen LogP contribution >= 0.6 is 18.9 Å². The van der Waals surface area contributed by atoms with Crippen molar-refractivity contribution in [3.8, 4) is 0 Å². The SMILES string of the molecule is C[C@@H](NP(=O)(c1ccccc1)c1ccccc1)c1ccc(Cl)cc1. The lowest BCUT2D eigenvalue weighted by molar-refractivity contribution is 0.568. The number of halogens is 1. The standard InChI is InChI=1S/C20H19ClNOP/c1-16(17-12-14-18(21)15-13-17)22-24(23,19-8-4-2-5-9-19)20-10-6-3-7-11-20/h2-16H,1H3,(H,22,23)/t16-/m1/s1. The van der Waals surface area contributed by atoms with Crippen molar-refractivity contribution in [2.24, 2.45) is 0 Å². The van der Waals surface area contributed by atoms with Crippen molar-refractivity contribution in [3.63, 3.8) is 0 Å². The van der Waals surface area contributed by atoms with E-state index in [0.29, 0.717) is 5.02 Å². The lowest BCUT2D eigenvalue weighted by atomic mass is 10.1. The molecule has 0 bridgehead atoms. The highest BCUT2D eigenvalue weighted by atomic mass is 35.5. The van der Waals surface area contributed by atoms with Crippen molar-refractivity contribution >= 4 is 29.5 Å². The van der Waals surface area contributed by atoms with Gasteiger partial charge in [0.05, 0.1) is 0 Å². The first-order valence-electron chi connectivity index (χ1n) is 7.84. The molecule has 0 aliphatic heterocycles. The highest BCUT2D eigenvalue weighted by Crippen LogP contribution is 2.41. The summed E-state index contributed by atoms with van der Waals surface area (Å²) in [6.07, 6.45) is 0. The lowest BCUT2D eigenvalue weighted by Gasteiger charge is -2.25. The van der Waals surface area contributed by atoms with E-state index in [-0.39, 0.29) is 6.04 Å². The van der Waals surface area contributed by atoms with Crippen LogP contribution in [0.5, 0.6) is 0 Å². The number of rotatable bonds is 5. The first kappa shape index (κ1) is 17.0. The summed E-state index contributed by atoms with van der Waals surface area (Å²) in [6.45, 7) is 2.02. The van der Waals surface area contributed by atoms with Gasteiger partial charge in [-0.2, -0.15) is 0 Å². The van der Waals surface area contributed by atoms with E-state index in [1.54, 1.807) is 0 Å². The molecule has 0 amide bonds. The minimum atomic E-state index is -2.94. The predicted octanol–water partition coefficient (Wildman–Crippen LogP) is 4.92. The number of benzene rings is 3. The molecule has 0 radical (unpaired) electrons. The van der Waals surface area contributed by atoms with Gasteiger partial charge in [-0.15, -0.1) is 0 Å². The predicted molar refractivity (Wildman–Crippen MR) is 103 cm³/mol. The molecule has 4 heteroatoms. The van der Waals surface area contributed by atoms with Gasteiger partial charge in [0, 0.05) is 21.7 Å². The molecule has 3 rings (SSSR count). The van der Waals surface area contributed by atoms with Gasteiger partial charge in [0.25, 0.3) is 0 Å². The molecule has 3 aromatic carbocycles. The largest absolute Gasteiger partial charge is 0.297 e. The molecule has 0 heterocycles. The molecule has 2 nitrogen and oxygen atoms in total. The van der Waals surface area contributed by atoms with Crippen LogP contribution in [0.25, 0.3) is 0 Å². The Morgan fingerprint density at radius 1 is 0.792 bits per heavy atom. The highest BCUT2D eigenvalue weighted by molar-refractivity contribution is 7.76. The summed E-state index contributed by atoms with van der Waals surface area (Å²) < 4.78 is 13.9. The Morgan fingerprint density at radius 2 is 1.25 bits per heavy atom. The van der Waals surface area contributed by atoms with Crippen molar-refractivity contribution in [2.45, 2.75) is 13.0 Å². The van der Waals surface area contributed by atoms with E-state index >= 15 is 0 Å². The van der Waals surface area contributed by atoms with E-state index in [1.165, 1.54) is 0 Å². The van der Waals surface area contributed by atoms with Crippen LogP contribution in [-0.2, 0) is 4.57 Å². The highest BCUT2D eigenvalue weighted by Gasteiger charge is 2.28. The third-order valence-electron chi connectivity index (χ3n) is 3.99. The van der Waals surface area contributed by atoms with Crippen LogP contribution in [0.15, 0.2) is 84.9 Å². The van der Waals surface area contributed by atoms with E-state index in [0.717, 1.165) is 16.2 Å². The van der Waals surface area contributed by atoms with Crippen LogP contribution in [0.4, 0.5) is 0 Å². The molecule has 3 aromatic rings. The Balaban J connectivity index is 2.00. The van der Waals surface area contributed by atoms with Gasteiger partial charge in [-0.25, -0.2) is 0 Å². The smallest absolute Gasteiger partial charge is 0.205 e. The summed E-state index contributed by atoms with van der Waals surface area (Å²) in [6, 6.07) is 26.7. The second kappa shape index (κ2) is 7.36. The second-order valence-electron chi connectivity index (χ2n) is 5.68. The summed E-state index contributed by atoms with van der Waals surface area (Å²) in [7, 11) is -2.94. The second-order valence-corrected chi connectivity index (χ2v) is 8.63. The molecule has 24 heavy (non-hydrogen) atoms. The van der Waals surface area contributed by atoms with Crippen LogP contribution < -0.4 is 15.7 Å². The molecule has 0 unspecified atom stereocenters. The van der Waals surface area contributed by atoms with Crippen molar-refractivity contribution in [2.75, 3.05) is 0 Å². The summed E-state index contributed by atoms with van der Waals surface area (Å²) in [4.78, 5) is 0. The fraction of sp³-hybridized carbons (Fsp3) is 0.100. The molecule has 0 aromatic heterocycles. The van der Waals surface area contributed by atoms with Gasteiger partial charge in [0.2, 0.25) is 7.29 Å². The molecule has 1 atom stereocenters. The first-order valence-corrected chi connectivity index (χ1v) is 9.92. The van der Waals surface area contributed by atoms with E-state index < -0.39 is 7.29 Å². The van der Waals surface area contributed by atoms with Gasteiger partial charge >= 0.3 is 0 Å². The molecule has 0 saturated heterocycles. The van der Waals surface area contributed by atoms with Crippen LogP contribution in [0, 0.1) is 0 Å². The molecule has 1 N–H and O–H groups in total. The maximum atomic E-state index is 13.9. The zero-order valence-corrected chi connectivity index (χ0v) is 15.0. The zero-order chi connectivity index (χ0) is 17.0. The monoisotopic (exact) mass is 355 g/mol. The van der Waals surface area contributed by atoms with Crippen molar-refractivity contribution in [1.29, 1.82) is 0 Å². The third-order valence-corrected chi connectivity index (χ3v) is 7.04. The van der Waals surface area contributed by atoms with Crippen molar-refractivity contribution in [1.82, 2.24) is 5.09 Å². The minimum absolute atomic E-state index is 0.0755. The quantitative estimate of drug-likeness (QED) is 0.658. The minimum Gasteiger partial charge on any atom is -0.297 e. The van der Waals surface area contributed by atoms with Gasteiger partial charge in [-0.1, -0.05) is 60.1 Å². The van der Waals surface area contributed by atoms with Crippen LogP contribution in [0.2, 0.25) is 5.02 Å². The van der Waals surface area contributed by atoms with E-state index in [9.17, 15) is 4.57 Å². The summed E-state index contributed by atoms with van der Waals surface area (Å²) >= 11 is 5.97. The molecule has 0 aliphatic rings. The van der Waals surface area contributed by atoms with Crippen molar-refractivity contribution < 1.29 is 4.57 Å². The van der Waals surface area contributed by atoms with E-state index in [1.807, 2.05) is 91.9 Å². The van der Waals surface area contributed by atoms with E-state index in [4.69, 9.17) is 11.6 Å². The summed E-state index contributed by atoms with van der Waals surface area (Å²) in [5.41, 5.74) is 1.05. The average Bonchev–Trinajstić information content (AvgIpc) is 2.63. The zero-order valence-electron chi connectivity index (χ0n) is 13.4. The molecule has 0 spiro atoms. The van der Waals surface area contributed by atoms with Gasteiger partial charge in [-0.3, -0.25) is 9.65 Å². The van der Waals surface area contributed by atoms with Gasteiger partial charge in [0.15, 0.2) is 0 Å². The van der Waals surface area contributed by atoms with Crippen molar-refractivity contribution in [3.05, 3.63) is 95.5 Å². The average molecular weight is 356 g/mol. The Morgan fingerprint density at radius 3 is 1.71 bits per heavy atom. The maximum absolute atomic E-state index is 13.9. The number of hydrogen-bond acceptors (Lipinski definition) is 1. The third kappa shape index (κ3) is 3.62. The van der Waals surface area contributed by atoms with Crippen LogP contribution in [-0.4, -0.2) is 0 Å². The lowest BCUT2D eigenvalue weighted by Crippen LogP contribution is -2.29. The van der Waals surface area contributed by atoms with Gasteiger partial charge in [-0.05, 0) is 48.9 Å². The number of hydrogen-bond donors (Lipinski definition) is 1. The molecule has 0 fully saturated rings. The normalized spacial score (nSPS) is 12.8. The molecule has 0 aliphatic carbocycles. The molecule has 0 saturated carbocycles. The van der Waals surface area contributed by atoms with Crippen LogP contribution in [0.3, 0.4) is 0 Å². The fourth-order valence-corrected chi connectivity index (χ4v) is 5.27. The maximum Gasteiger partial charge on any atom is 0.205 e. The summed E-state index contributed by atoms with van der Waals surface area (Å²) in [5, 5.41) is 5.67. The van der Waals surface area contributed by atoms with E-state index in [2.05, 4.69) is 5.09 Å². The molecule has 122 valence electrons. The number of nitrogens with one attached hydrogen (secondary N) is 1. The Bertz CT molecular complexity index is 791. The topological polar surface area (TPSA) is 29.1 Å². The first-order chi connectivity index (χ1) is 11.6. The van der Waals surface area contributed by atoms with Gasteiger partial charge in [0.1, 0.15) is 0 Å². The van der Waals surface area contributed by atoms with Gasteiger partial charge < -0.3 is 0 Å². The molecular weight excluding hydrogens is 337 g/mol. The molecular formula is C20H19ClNOP. The Labute approximate surface area is 147 Å². The summed E-state index contributed by atoms with van der Waals surface area (Å²) in [5.74, 6) is 0. The Hall–Kier alpha value is -1.86. The fourth-order valence-electron chi connectivity index (χ4n) is 2.67. The van der Waals surface area contributed by atoms with Crippen LogP contribution in [0.1, 0.15) is 18.5 Å². The Kier molecular flexibility index (Phi) is 5.20.